The van der Waals surface area contributed by atoms with E-state index in [1.54, 1.807) is 0 Å². The van der Waals surface area contributed by atoms with Crippen LogP contribution in [0.2, 0.25) is 0 Å². The smallest absolute Gasteiger partial charge is 0.413 e. The lowest BCUT2D eigenvalue weighted by Gasteiger charge is -2.13. The van der Waals surface area contributed by atoms with Crippen LogP contribution in [0.1, 0.15) is 34.1 Å². The van der Waals surface area contributed by atoms with E-state index in [0.717, 1.165) is 0 Å². The highest BCUT2D eigenvalue weighted by molar-refractivity contribution is 5.94. The molecule has 0 aromatic rings. The third-order valence-corrected chi connectivity index (χ3v) is 1.84. The van der Waals surface area contributed by atoms with Crippen LogP contribution in [0.15, 0.2) is 0 Å². The molecule has 2 amide bonds. The van der Waals surface area contributed by atoms with E-state index in [0.29, 0.717) is 18.9 Å². The van der Waals surface area contributed by atoms with Crippen molar-refractivity contribution in [1.29, 1.82) is 0 Å². The van der Waals surface area contributed by atoms with E-state index in [1.165, 1.54) is 0 Å². The maximum Gasteiger partial charge on any atom is 0.413 e. The molecule has 0 heterocycles. The van der Waals surface area contributed by atoms with Crippen LogP contribution in [-0.4, -0.2) is 24.6 Å². The Morgan fingerprint density at radius 3 is 2.19 bits per heavy atom. The number of rotatable bonds is 5. The molecule has 0 aromatic heterocycles. The van der Waals surface area contributed by atoms with E-state index < -0.39 is 18.0 Å². The zero-order chi connectivity index (χ0) is 12.7. The third kappa shape index (κ3) is 7.23. The van der Waals surface area contributed by atoms with Crippen LogP contribution in [0.4, 0.5) is 4.79 Å². The minimum absolute atomic E-state index is 0.241. The number of hydrogen-bond donors (Lipinski definition) is 2. The lowest BCUT2D eigenvalue weighted by Crippen LogP contribution is -2.44. The van der Waals surface area contributed by atoms with Gasteiger partial charge in [-0.3, -0.25) is 10.1 Å². The van der Waals surface area contributed by atoms with E-state index in [1.807, 2.05) is 27.7 Å². The molecule has 0 aliphatic heterocycles. The van der Waals surface area contributed by atoms with E-state index in [4.69, 9.17) is 10.5 Å². The molecular formula is C11H22N2O3. The first-order chi connectivity index (χ1) is 7.32. The lowest BCUT2D eigenvalue weighted by molar-refractivity contribution is -0.122. The van der Waals surface area contributed by atoms with Crippen molar-refractivity contribution in [2.75, 3.05) is 6.61 Å². The average molecular weight is 230 g/mol. The van der Waals surface area contributed by atoms with E-state index >= 15 is 0 Å². The first-order valence-corrected chi connectivity index (χ1v) is 5.56. The molecule has 0 aliphatic carbocycles. The molecular weight excluding hydrogens is 208 g/mol. The molecule has 0 saturated heterocycles. The summed E-state index contributed by atoms with van der Waals surface area (Å²) in [6.07, 6.45) is -0.179. The number of imide groups is 1. The number of ether oxygens (including phenoxy) is 1. The summed E-state index contributed by atoms with van der Waals surface area (Å²) in [6.45, 7) is 8.05. The number of carbonyl (C=O) groups is 2. The minimum Gasteiger partial charge on any atom is -0.449 e. The van der Waals surface area contributed by atoms with Crippen molar-refractivity contribution in [2.45, 2.75) is 40.2 Å². The molecule has 0 rings (SSSR count). The summed E-state index contributed by atoms with van der Waals surface area (Å²) >= 11 is 0. The van der Waals surface area contributed by atoms with Crippen LogP contribution < -0.4 is 11.1 Å². The normalized spacial score (nSPS) is 12.7. The lowest BCUT2D eigenvalue weighted by atomic mass is 10.0. The summed E-state index contributed by atoms with van der Waals surface area (Å²) < 4.78 is 4.80. The highest BCUT2D eigenvalue weighted by atomic mass is 16.5. The van der Waals surface area contributed by atoms with Crippen molar-refractivity contribution in [1.82, 2.24) is 5.32 Å². The Hall–Kier alpha value is -1.10. The van der Waals surface area contributed by atoms with Gasteiger partial charge in [-0.05, 0) is 18.3 Å². The first-order valence-electron chi connectivity index (χ1n) is 5.56. The second-order valence-electron chi connectivity index (χ2n) is 4.72. The van der Waals surface area contributed by atoms with Crippen molar-refractivity contribution in [3.8, 4) is 0 Å². The summed E-state index contributed by atoms with van der Waals surface area (Å²) in [4.78, 5) is 22.5. The predicted molar refractivity (Wildman–Crippen MR) is 61.8 cm³/mol. The van der Waals surface area contributed by atoms with Crippen molar-refractivity contribution < 1.29 is 14.3 Å². The third-order valence-electron chi connectivity index (χ3n) is 1.84. The standard InChI is InChI=1S/C11H22N2O3/c1-7(2)5-9(12)10(14)13-11(15)16-6-8(3)4/h7-9H,5-6,12H2,1-4H3,(H,13,14,15)/t9-/m0/s1. The summed E-state index contributed by atoms with van der Waals surface area (Å²) in [5.74, 6) is 0.0695. The van der Waals surface area contributed by atoms with E-state index in [9.17, 15) is 9.59 Å². The SMILES string of the molecule is CC(C)COC(=O)NC(=O)[C@@H](N)CC(C)C. The highest BCUT2D eigenvalue weighted by Crippen LogP contribution is 2.02. The quantitative estimate of drug-likeness (QED) is 0.745. The highest BCUT2D eigenvalue weighted by Gasteiger charge is 2.18. The molecule has 3 N–H and O–H groups in total. The topological polar surface area (TPSA) is 81.4 Å². The summed E-state index contributed by atoms with van der Waals surface area (Å²) in [5, 5.41) is 2.12. The van der Waals surface area contributed by atoms with E-state index in [2.05, 4.69) is 5.32 Å². The van der Waals surface area contributed by atoms with Gasteiger partial charge in [0.1, 0.15) is 0 Å². The van der Waals surface area contributed by atoms with Crippen LogP contribution >= 0.6 is 0 Å². The molecule has 0 bridgehead atoms. The Morgan fingerprint density at radius 1 is 1.19 bits per heavy atom. The zero-order valence-corrected chi connectivity index (χ0v) is 10.4. The monoisotopic (exact) mass is 230 g/mol. The summed E-state index contributed by atoms with van der Waals surface area (Å²) in [6, 6.07) is -0.661. The Morgan fingerprint density at radius 2 is 1.75 bits per heavy atom. The molecule has 0 radical (unpaired) electrons. The molecule has 1 atom stereocenters. The van der Waals surface area contributed by atoms with Crippen molar-refractivity contribution >= 4 is 12.0 Å². The van der Waals surface area contributed by atoms with Gasteiger partial charge in [-0.15, -0.1) is 0 Å². The van der Waals surface area contributed by atoms with Crippen LogP contribution in [0.3, 0.4) is 0 Å². The Balaban J connectivity index is 3.90. The van der Waals surface area contributed by atoms with Crippen LogP contribution in [0, 0.1) is 11.8 Å². The van der Waals surface area contributed by atoms with E-state index in [-0.39, 0.29) is 5.92 Å². The van der Waals surface area contributed by atoms with Crippen molar-refractivity contribution in [3.63, 3.8) is 0 Å². The first kappa shape index (κ1) is 14.9. The molecule has 0 fully saturated rings. The second-order valence-corrected chi connectivity index (χ2v) is 4.72. The van der Waals surface area contributed by atoms with Gasteiger partial charge in [0.25, 0.3) is 0 Å². The van der Waals surface area contributed by atoms with Crippen LogP contribution in [0.5, 0.6) is 0 Å². The van der Waals surface area contributed by atoms with Crippen LogP contribution in [-0.2, 0) is 9.53 Å². The molecule has 0 aliphatic rings. The number of alkyl carbamates (subject to hydrolysis) is 1. The molecule has 0 aromatic carbocycles. The summed E-state index contributed by atoms with van der Waals surface area (Å²) in [5.41, 5.74) is 5.60. The van der Waals surface area contributed by atoms with Gasteiger partial charge in [0.15, 0.2) is 0 Å². The maximum atomic E-state index is 11.4. The largest absolute Gasteiger partial charge is 0.449 e. The molecule has 0 saturated carbocycles. The van der Waals surface area contributed by atoms with Gasteiger partial charge in [-0.25, -0.2) is 4.79 Å². The molecule has 5 nitrogen and oxygen atoms in total. The van der Waals surface area contributed by atoms with Gasteiger partial charge in [-0.1, -0.05) is 27.7 Å². The van der Waals surface area contributed by atoms with Crippen LogP contribution in [0.25, 0.3) is 0 Å². The van der Waals surface area contributed by atoms with Gasteiger partial charge < -0.3 is 10.5 Å². The summed E-state index contributed by atoms with van der Waals surface area (Å²) in [7, 11) is 0. The Kier molecular flexibility index (Phi) is 6.72. The number of hydrogen-bond acceptors (Lipinski definition) is 4. The Labute approximate surface area is 96.7 Å². The van der Waals surface area contributed by atoms with Gasteiger partial charge in [0.2, 0.25) is 5.91 Å². The minimum atomic E-state index is -0.724. The predicted octanol–water partition coefficient (Wildman–Crippen LogP) is 1.27. The maximum absolute atomic E-state index is 11.4. The molecule has 0 unspecified atom stereocenters. The van der Waals surface area contributed by atoms with Gasteiger partial charge in [0.05, 0.1) is 12.6 Å². The average Bonchev–Trinajstić information content (AvgIpc) is 2.13. The van der Waals surface area contributed by atoms with Crippen molar-refractivity contribution in [3.05, 3.63) is 0 Å². The second kappa shape index (κ2) is 7.22. The molecule has 94 valence electrons. The van der Waals surface area contributed by atoms with Crippen molar-refractivity contribution in [2.24, 2.45) is 17.6 Å². The number of carbonyl (C=O) groups excluding carboxylic acids is 2. The fourth-order valence-electron chi connectivity index (χ4n) is 1.09. The fraction of sp³-hybridized carbons (Fsp3) is 0.818. The zero-order valence-electron chi connectivity index (χ0n) is 10.4. The van der Waals surface area contributed by atoms with Gasteiger partial charge in [0, 0.05) is 0 Å². The fourth-order valence-corrected chi connectivity index (χ4v) is 1.09. The molecule has 5 heteroatoms. The molecule has 16 heavy (non-hydrogen) atoms. The van der Waals surface area contributed by atoms with Gasteiger partial charge >= 0.3 is 6.09 Å². The molecule has 0 spiro atoms. The number of nitrogens with two attached hydrogens (primary N) is 1. The number of nitrogens with one attached hydrogen (secondary N) is 1. The Bertz CT molecular complexity index is 239. The number of amides is 2. The van der Waals surface area contributed by atoms with Gasteiger partial charge in [-0.2, -0.15) is 0 Å².